The average Bonchev–Trinajstić information content (AvgIpc) is 3.11. The van der Waals surface area contributed by atoms with Crippen molar-refractivity contribution in [3.05, 3.63) is 42.0 Å². The number of benzene rings is 1. The molecule has 1 N–H and O–H groups in total. The fourth-order valence-electron chi connectivity index (χ4n) is 7.78. The summed E-state index contributed by atoms with van der Waals surface area (Å²) in [7, 11) is 0. The van der Waals surface area contributed by atoms with Crippen LogP contribution in [0.5, 0.6) is 0 Å². The summed E-state index contributed by atoms with van der Waals surface area (Å²) in [6.07, 6.45) is 12.1. The first kappa shape index (κ1) is 21.3. The molecule has 1 heterocycles. The van der Waals surface area contributed by atoms with Crippen LogP contribution >= 0.6 is 0 Å². The van der Waals surface area contributed by atoms with Gasteiger partial charge in [-0.3, -0.25) is 9.59 Å². The molecule has 1 aromatic rings. The molecule has 8 atom stereocenters. The summed E-state index contributed by atoms with van der Waals surface area (Å²) >= 11 is -1.02. The van der Waals surface area contributed by atoms with Crippen LogP contribution in [0, 0.1) is 34.5 Å². The zero-order valence-corrected chi connectivity index (χ0v) is 19.5. The molecular weight excluding hydrogens is 406 g/mol. The van der Waals surface area contributed by atoms with E-state index in [9.17, 15) is 14.1 Å². The van der Waals surface area contributed by atoms with Gasteiger partial charge in [-0.2, -0.15) is 0 Å². The molecule has 5 rings (SSSR count). The highest BCUT2D eigenvalue weighted by Gasteiger charge is 2.60. The SMILES string of the molecule is C[S+]([O-])c1ccc(C(=O)C2CC[C@H]3[C@@H]4CCC5NC(=O)C=C[C@]5(C)[C@@H]4CC[C@]23C)cc1. The number of ketones is 1. The molecule has 3 aliphatic carbocycles. The lowest BCUT2D eigenvalue weighted by Crippen LogP contribution is -2.59. The van der Waals surface area contributed by atoms with E-state index >= 15 is 0 Å². The molecule has 166 valence electrons. The van der Waals surface area contributed by atoms with Gasteiger partial charge in [0.1, 0.15) is 6.26 Å². The molecule has 1 amide bonds. The molecular formula is C26H33NO3S. The Hall–Kier alpha value is -1.59. The Bertz CT molecular complexity index is 925. The zero-order chi connectivity index (χ0) is 22.0. The number of hydrogen-bond acceptors (Lipinski definition) is 3. The van der Waals surface area contributed by atoms with Crippen molar-refractivity contribution in [1.29, 1.82) is 0 Å². The highest BCUT2D eigenvalue weighted by atomic mass is 32.2. The number of Topliss-reactive ketones (excluding diaryl/α,β-unsaturated/α-hetero) is 1. The summed E-state index contributed by atoms with van der Waals surface area (Å²) in [5, 5.41) is 3.22. The first-order chi connectivity index (χ1) is 14.7. The molecule has 0 saturated heterocycles. The largest absolute Gasteiger partial charge is 0.612 e. The Balaban J connectivity index is 1.39. The number of nitrogens with one attached hydrogen (secondary N) is 1. The lowest BCUT2D eigenvalue weighted by Gasteiger charge is -2.58. The van der Waals surface area contributed by atoms with Crippen LogP contribution in [-0.2, 0) is 16.0 Å². The predicted octanol–water partition coefficient (Wildman–Crippen LogP) is 4.52. The Morgan fingerprint density at radius 2 is 1.81 bits per heavy atom. The Kier molecular flexibility index (Phi) is 5.13. The molecule has 1 aromatic carbocycles. The fraction of sp³-hybridized carbons (Fsp3) is 0.615. The van der Waals surface area contributed by atoms with Gasteiger partial charge >= 0.3 is 0 Å². The zero-order valence-electron chi connectivity index (χ0n) is 18.7. The monoisotopic (exact) mass is 439 g/mol. The van der Waals surface area contributed by atoms with Gasteiger partial charge in [-0.25, -0.2) is 0 Å². The van der Waals surface area contributed by atoms with Crippen LogP contribution in [0.2, 0.25) is 0 Å². The van der Waals surface area contributed by atoms with Crippen molar-refractivity contribution in [1.82, 2.24) is 5.32 Å². The van der Waals surface area contributed by atoms with E-state index in [4.69, 9.17) is 0 Å². The van der Waals surface area contributed by atoms with Crippen molar-refractivity contribution in [2.24, 2.45) is 34.5 Å². The molecule has 0 radical (unpaired) electrons. The van der Waals surface area contributed by atoms with Gasteiger partial charge in [-0.05, 0) is 103 Å². The van der Waals surface area contributed by atoms with Crippen molar-refractivity contribution in [3.63, 3.8) is 0 Å². The van der Waals surface area contributed by atoms with Gasteiger partial charge < -0.3 is 9.87 Å². The number of amides is 1. The van der Waals surface area contributed by atoms with E-state index in [0.717, 1.165) is 49.0 Å². The number of rotatable bonds is 3. The second-order valence-corrected chi connectivity index (χ2v) is 12.1. The number of carbonyl (C=O) groups is 2. The molecule has 0 aromatic heterocycles. The number of carbonyl (C=O) groups excluding carboxylic acids is 2. The van der Waals surface area contributed by atoms with Crippen LogP contribution in [0.1, 0.15) is 62.7 Å². The quantitative estimate of drug-likeness (QED) is 0.556. The molecule has 4 aliphatic rings. The van der Waals surface area contributed by atoms with E-state index in [1.165, 1.54) is 0 Å². The van der Waals surface area contributed by atoms with Crippen LogP contribution in [0.25, 0.3) is 0 Å². The summed E-state index contributed by atoms with van der Waals surface area (Å²) < 4.78 is 11.7. The molecule has 0 spiro atoms. The summed E-state index contributed by atoms with van der Waals surface area (Å²) in [4.78, 5) is 26.2. The van der Waals surface area contributed by atoms with Crippen molar-refractivity contribution in [2.75, 3.05) is 6.26 Å². The van der Waals surface area contributed by atoms with Crippen LogP contribution in [0.4, 0.5) is 0 Å². The second kappa shape index (κ2) is 7.48. The fourth-order valence-corrected chi connectivity index (χ4v) is 8.30. The number of fused-ring (bicyclic) bond motifs is 5. The van der Waals surface area contributed by atoms with E-state index in [-0.39, 0.29) is 34.5 Å². The first-order valence-corrected chi connectivity index (χ1v) is 13.3. The van der Waals surface area contributed by atoms with E-state index in [0.29, 0.717) is 17.8 Å². The van der Waals surface area contributed by atoms with E-state index < -0.39 is 11.2 Å². The topological polar surface area (TPSA) is 69.2 Å². The highest BCUT2D eigenvalue weighted by Crippen LogP contribution is 2.65. The Labute approximate surface area is 188 Å². The summed E-state index contributed by atoms with van der Waals surface area (Å²) in [5.41, 5.74) is 0.845. The molecule has 3 saturated carbocycles. The van der Waals surface area contributed by atoms with Crippen LogP contribution in [-0.4, -0.2) is 28.5 Å². The van der Waals surface area contributed by atoms with Crippen LogP contribution in [0.15, 0.2) is 41.3 Å². The molecule has 31 heavy (non-hydrogen) atoms. The van der Waals surface area contributed by atoms with Gasteiger partial charge in [-0.15, -0.1) is 0 Å². The maximum absolute atomic E-state index is 13.5. The van der Waals surface area contributed by atoms with Crippen molar-refractivity contribution in [2.45, 2.75) is 63.3 Å². The Morgan fingerprint density at radius 1 is 1.06 bits per heavy atom. The van der Waals surface area contributed by atoms with Gasteiger partial charge in [0, 0.05) is 22.9 Å². The minimum Gasteiger partial charge on any atom is -0.612 e. The van der Waals surface area contributed by atoms with Crippen molar-refractivity contribution in [3.8, 4) is 0 Å². The van der Waals surface area contributed by atoms with Gasteiger partial charge in [0.25, 0.3) is 0 Å². The molecule has 5 heteroatoms. The third kappa shape index (κ3) is 3.22. The van der Waals surface area contributed by atoms with Gasteiger partial charge in [0.05, 0.1) is 0 Å². The van der Waals surface area contributed by atoms with Crippen LogP contribution in [0.3, 0.4) is 0 Å². The summed E-state index contributed by atoms with van der Waals surface area (Å²) in [6.45, 7) is 4.70. The minimum atomic E-state index is -1.02. The van der Waals surface area contributed by atoms with E-state index in [2.05, 4.69) is 25.2 Å². The minimum absolute atomic E-state index is 0.0336. The number of hydrogen-bond donors (Lipinski definition) is 1. The normalized spacial score (nSPS) is 42.2. The molecule has 4 nitrogen and oxygen atoms in total. The van der Waals surface area contributed by atoms with Gasteiger partial charge in [0.2, 0.25) is 5.91 Å². The average molecular weight is 440 g/mol. The second-order valence-electron chi connectivity index (χ2n) is 10.7. The van der Waals surface area contributed by atoms with E-state index in [1.807, 2.05) is 24.3 Å². The van der Waals surface area contributed by atoms with Crippen LogP contribution < -0.4 is 5.32 Å². The highest BCUT2D eigenvalue weighted by molar-refractivity contribution is 7.90. The van der Waals surface area contributed by atoms with E-state index in [1.54, 1.807) is 12.3 Å². The summed E-state index contributed by atoms with van der Waals surface area (Å²) in [6, 6.07) is 7.64. The third-order valence-corrected chi connectivity index (χ3v) is 10.4. The Morgan fingerprint density at radius 3 is 2.52 bits per heavy atom. The van der Waals surface area contributed by atoms with Crippen molar-refractivity contribution >= 4 is 22.9 Å². The first-order valence-electron chi connectivity index (χ1n) is 11.7. The van der Waals surface area contributed by atoms with Gasteiger partial charge in [-0.1, -0.05) is 19.9 Å². The van der Waals surface area contributed by atoms with Gasteiger partial charge in [0.15, 0.2) is 10.7 Å². The summed E-state index contributed by atoms with van der Waals surface area (Å²) in [5.74, 6) is 2.17. The predicted molar refractivity (Wildman–Crippen MR) is 122 cm³/mol. The molecule has 0 bridgehead atoms. The molecule has 3 fully saturated rings. The molecule has 1 aliphatic heterocycles. The maximum Gasteiger partial charge on any atom is 0.243 e. The maximum atomic E-state index is 13.5. The standard InChI is InChI=1S/C26H33NO3S/c1-25-14-12-20-18(8-11-22-26(20,2)15-13-23(28)27-22)19(25)9-10-21(25)24(29)16-4-6-17(7-5-16)31(3)30/h4-7,13,15,18-22H,8-12,14H2,1-3H3,(H,27,28)/t18-,19-,20+,21?,22?,25-,26+,31?/m0/s1. The van der Waals surface area contributed by atoms with Crippen molar-refractivity contribution < 1.29 is 14.1 Å². The molecule has 3 unspecified atom stereocenters. The smallest absolute Gasteiger partial charge is 0.243 e. The third-order valence-electron chi connectivity index (χ3n) is 9.47. The lowest BCUT2D eigenvalue weighted by atomic mass is 9.47. The lowest BCUT2D eigenvalue weighted by molar-refractivity contribution is -0.122.